The van der Waals surface area contributed by atoms with E-state index in [4.69, 9.17) is 5.73 Å². The van der Waals surface area contributed by atoms with Gasteiger partial charge in [0.25, 0.3) is 0 Å². The number of hydrogen-bond acceptors (Lipinski definition) is 4. The molecule has 0 amide bonds. The highest BCUT2D eigenvalue weighted by Gasteiger charge is 2.12. The van der Waals surface area contributed by atoms with Crippen molar-refractivity contribution in [2.45, 2.75) is 39.5 Å². The van der Waals surface area contributed by atoms with Gasteiger partial charge in [0.05, 0.1) is 0 Å². The Balaban J connectivity index is 2.13. The minimum absolute atomic E-state index is 0.264. The summed E-state index contributed by atoms with van der Waals surface area (Å²) in [5.41, 5.74) is 8.22. The van der Waals surface area contributed by atoms with E-state index in [0.717, 1.165) is 23.8 Å². The molecule has 0 aliphatic carbocycles. The van der Waals surface area contributed by atoms with E-state index in [1.165, 1.54) is 5.56 Å². The lowest BCUT2D eigenvalue weighted by molar-refractivity contribution is 0.764. The van der Waals surface area contributed by atoms with Crippen LogP contribution in [0, 0.1) is 6.92 Å². The number of anilines is 2. The second-order valence-electron chi connectivity index (χ2n) is 5.79. The molecule has 0 saturated carbocycles. The van der Waals surface area contributed by atoms with Crippen LogP contribution in [0.2, 0.25) is 0 Å². The molecule has 0 aliphatic rings. The quantitative estimate of drug-likeness (QED) is 0.878. The summed E-state index contributed by atoms with van der Waals surface area (Å²) in [4.78, 5) is 8.94. The molecule has 1 unspecified atom stereocenters. The Morgan fingerprint density at radius 3 is 2.38 bits per heavy atom. The normalized spacial score (nSPS) is 12.4. The number of rotatable bonds is 5. The molecule has 2 aromatic rings. The monoisotopic (exact) mass is 284 g/mol. The van der Waals surface area contributed by atoms with Crippen LogP contribution in [0.25, 0.3) is 0 Å². The van der Waals surface area contributed by atoms with Crippen LogP contribution >= 0.6 is 0 Å². The predicted octanol–water partition coefficient (Wildman–Crippen LogP) is 3.71. The molecule has 4 nitrogen and oxygen atoms in total. The Morgan fingerprint density at radius 2 is 1.76 bits per heavy atom. The van der Waals surface area contributed by atoms with E-state index in [9.17, 15) is 0 Å². The summed E-state index contributed by atoms with van der Waals surface area (Å²) in [5.74, 6) is 2.86. The van der Waals surface area contributed by atoms with E-state index in [1.807, 2.05) is 13.0 Å². The molecule has 1 aromatic heterocycles. The minimum atomic E-state index is 0.264. The second kappa shape index (κ2) is 6.57. The van der Waals surface area contributed by atoms with Crippen LogP contribution in [0.15, 0.2) is 30.3 Å². The molecular formula is C17H24N4. The van der Waals surface area contributed by atoms with Crippen molar-refractivity contribution in [3.05, 3.63) is 47.3 Å². The van der Waals surface area contributed by atoms with E-state index in [0.29, 0.717) is 11.7 Å². The van der Waals surface area contributed by atoms with Crippen molar-refractivity contribution in [3.63, 3.8) is 0 Å². The predicted molar refractivity (Wildman–Crippen MR) is 88.6 cm³/mol. The molecule has 3 N–H and O–H groups in total. The minimum Gasteiger partial charge on any atom is -0.383 e. The lowest BCUT2D eigenvalue weighted by Crippen LogP contribution is -2.14. The molecule has 21 heavy (non-hydrogen) atoms. The van der Waals surface area contributed by atoms with Gasteiger partial charge in [-0.1, -0.05) is 51.1 Å². The largest absolute Gasteiger partial charge is 0.383 e. The van der Waals surface area contributed by atoms with Gasteiger partial charge in [0.1, 0.15) is 17.5 Å². The molecule has 0 fully saturated rings. The van der Waals surface area contributed by atoms with E-state index >= 15 is 0 Å². The maximum Gasteiger partial charge on any atom is 0.135 e. The molecule has 0 radical (unpaired) electrons. The fraction of sp³-hybridized carbons (Fsp3) is 0.412. The molecular weight excluding hydrogens is 260 g/mol. The third kappa shape index (κ3) is 3.72. The highest BCUT2D eigenvalue weighted by molar-refractivity contribution is 5.55. The van der Waals surface area contributed by atoms with Gasteiger partial charge in [0, 0.05) is 18.0 Å². The van der Waals surface area contributed by atoms with Crippen LogP contribution in [-0.2, 0) is 0 Å². The molecule has 0 bridgehead atoms. The van der Waals surface area contributed by atoms with Crippen molar-refractivity contribution < 1.29 is 0 Å². The first-order valence-electron chi connectivity index (χ1n) is 7.41. The zero-order chi connectivity index (χ0) is 15.4. The Morgan fingerprint density at radius 1 is 1.10 bits per heavy atom. The van der Waals surface area contributed by atoms with Gasteiger partial charge in [-0.3, -0.25) is 0 Å². The SMILES string of the molecule is Cc1c(N)nc(C(C)C)nc1NCC(C)c1ccccc1. The summed E-state index contributed by atoms with van der Waals surface area (Å²) < 4.78 is 0. The first-order valence-corrected chi connectivity index (χ1v) is 7.41. The lowest BCUT2D eigenvalue weighted by atomic mass is 10.0. The zero-order valence-corrected chi connectivity index (χ0v) is 13.2. The van der Waals surface area contributed by atoms with Gasteiger partial charge in [0.2, 0.25) is 0 Å². The fourth-order valence-electron chi connectivity index (χ4n) is 2.13. The first kappa shape index (κ1) is 15.3. The number of benzene rings is 1. The summed E-state index contributed by atoms with van der Waals surface area (Å²) in [6.45, 7) is 9.11. The maximum atomic E-state index is 5.99. The molecule has 0 saturated heterocycles. The van der Waals surface area contributed by atoms with Crippen LogP contribution in [0.3, 0.4) is 0 Å². The van der Waals surface area contributed by atoms with E-state index in [1.54, 1.807) is 0 Å². The highest BCUT2D eigenvalue weighted by atomic mass is 15.1. The number of nitrogens with zero attached hydrogens (tertiary/aromatic N) is 2. The molecule has 1 atom stereocenters. The summed E-state index contributed by atoms with van der Waals surface area (Å²) >= 11 is 0. The average Bonchev–Trinajstić information content (AvgIpc) is 2.49. The Kier molecular flexibility index (Phi) is 4.78. The lowest BCUT2D eigenvalue weighted by Gasteiger charge is -2.17. The first-order chi connectivity index (χ1) is 9.99. The van der Waals surface area contributed by atoms with Crippen LogP contribution in [0.4, 0.5) is 11.6 Å². The Hall–Kier alpha value is -2.10. The van der Waals surface area contributed by atoms with E-state index in [2.05, 4.69) is 60.3 Å². The van der Waals surface area contributed by atoms with Crippen molar-refractivity contribution in [1.29, 1.82) is 0 Å². The molecule has 1 aromatic carbocycles. The van der Waals surface area contributed by atoms with Crippen LogP contribution in [0.1, 0.15) is 49.6 Å². The summed E-state index contributed by atoms with van der Waals surface area (Å²) in [6.07, 6.45) is 0. The molecule has 2 rings (SSSR count). The molecule has 1 heterocycles. The highest BCUT2D eigenvalue weighted by Crippen LogP contribution is 2.22. The Labute approximate surface area is 126 Å². The van der Waals surface area contributed by atoms with Crippen LogP contribution in [-0.4, -0.2) is 16.5 Å². The van der Waals surface area contributed by atoms with Gasteiger partial charge in [-0.25, -0.2) is 9.97 Å². The van der Waals surface area contributed by atoms with E-state index < -0.39 is 0 Å². The number of nitrogen functional groups attached to an aromatic ring is 1. The van der Waals surface area contributed by atoms with E-state index in [-0.39, 0.29) is 5.92 Å². The third-order valence-electron chi connectivity index (χ3n) is 3.66. The summed E-state index contributed by atoms with van der Waals surface area (Å²) in [5, 5.41) is 3.42. The van der Waals surface area contributed by atoms with Gasteiger partial charge < -0.3 is 11.1 Å². The van der Waals surface area contributed by atoms with Crippen LogP contribution < -0.4 is 11.1 Å². The van der Waals surface area contributed by atoms with Gasteiger partial charge in [-0.2, -0.15) is 0 Å². The molecule has 0 aliphatic heterocycles. The second-order valence-corrected chi connectivity index (χ2v) is 5.79. The van der Waals surface area contributed by atoms with Crippen molar-refractivity contribution in [2.24, 2.45) is 0 Å². The number of hydrogen-bond donors (Lipinski definition) is 2. The number of nitrogens with two attached hydrogens (primary N) is 1. The number of aromatic nitrogens is 2. The average molecular weight is 284 g/mol. The molecule has 112 valence electrons. The Bertz CT molecular complexity index is 593. The van der Waals surface area contributed by atoms with Gasteiger partial charge in [-0.05, 0) is 18.4 Å². The van der Waals surface area contributed by atoms with Crippen molar-refractivity contribution in [1.82, 2.24) is 9.97 Å². The molecule has 0 spiro atoms. The summed E-state index contributed by atoms with van der Waals surface area (Å²) in [6, 6.07) is 10.5. The van der Waals surface area contributed by atoms with Crippen molar-refractivity contribution in [3.8, 4) is 0 Å². The summed E-state index contributed by atoms with van der Waals surface area (Å²) in [7, 11) is 0. The number of nitrogens with one attached hydrogen (secondary N) is 1. The van der Waals surface area contributed by atoms with Gasteiger partial charge in [0.15, 0.2) is 0 Å². The van der Waals surface area contributed by atoms with Crippen molar-refractivity contribution in [2.75, 3.05) is 17.6 Å². The molecule has 4 heteroatoms. The topological polar surface area (TPSA) is 63.8 Å². The fourth-order valence-corrected chi connectivity index (χ4v) is 2.13. The smallest absolute Gasteiger partial charge is 0.135 e. The van der Waals surface area contributed by atoms with Gasteiger partial charge in [-0.15, -0.1) is 0 Å². The van der Waals surface area contributed by atoms with Crippen LogP contribution in [0.5, 0.6) is 0 Å². The maximum absolute atomic E-state index is 5.99. The standard InChI is InChI=1S/C17H24N4/c1-11(2)16-20-15(18)13(4)17(21-16)19-10-12(3)14-8-6-5-7-9-14/h5-9,11-12H,10H2,1-4H3,(H3,18,19,20,21). The third-order valence-corrected chi connectivity index (χ3v) is 3.66. The zero-order valence-electron chi connectivity index (χ0n) is 13.2. The van der Waals surface area contributed by atoms with Crippen molar-refractivity contribution >= 4 is 11.6 Å². The van der Waals surface area contributed by atoms with Gasteiger partial charge >= 0.3 is 0 Å².